The molecule has 0 bridgehead atoms. The number of halogens is 2. The zero-order chi connectivity index (χ0) is 24.6. The maximum atomic E-state index is 14.3. The van der Waals surface area contributed by atoms with Crippen LogP contribution in [0.4, 0.5) is 10.1 Å². The molecule has 1 amide bonds. The maximum Gasteiger partial charge on any atom is 0.241 e. The summed E-state index contributed by atoms with van der Waals surface area (Å²) in [5.41, 5.74) is 3.43. The first-order valence-corrected chi connectivity index (χ1v) is 12.1. The molecule has 3 aromatic rings. The molecule has 2 heterocycles. The Morgan fingerprint density at radius 1 is 1.18 bits per heavy atom. The molecule has 1 saturated heterocycles. The Balaban J connectivity index is 1.59. The Bertz CT molecular complexity index is 1170. The van der Waals surface area contributed by atoms with Crippen LogP contribution in [0, 0.1) is 5.82 Å². The van der Waals surface area contributed by atoms with Crippen molar-refractivity contribution in [3.05, 3.63) is 82.4 Å². The molecule has 2 aromatic carbocycles. The Labute approximate surface area is 205 Å². The number of carbonyl (C=O) groups excluding carboxylic acids is 1. The number of rotatable bonds is 5. The Morgan fingerprint density at radius 2 is 1.88 bits per heavy atom. The van der Waals surface area contributed by atoms with Crippen LogP contribution in [-0.2, 0) is 10.3 Å². The average molecular weight is 483 g/mol. The number of aromatic nitrogens is 2. The fourth-order valence-corrected chi connectivity index (χ4v) is 4.51. The third kappa shape index (κ3) is 5.18. The Kier molecular flexibility index (Phi) is 6.83. The first-order chi connectivity index (χ1) is 16.0. The summed E-state index contributed by atoms with van der Waals surface area (Å²) in [4.78, 5) is 13.2. The predicted molar refractivity (Wildman–Crippen MR) is 135 cm³/mol. The molecule has 1 aliphatic heterocycles. The predicted octanol–water partition coefficient (Wildman–Crippen LogP) is 6.38. The van der Waals surface area contributed by atoms with Gasteiger partial charge in [0.1, 0.15) is 5.82 Å². The number of hydrogen-bond acceptors (Lipinski definition) is 3. The topological polar surface area (TPSA) is 59.0 Å². The number of carbonyl (C=O) groups is 1. The van der Waals surface area contributed by atoms with Crippen molar-refractivity contribution in [1.29, 1.82) is 0 Å². The second kappa shape index (κ2) is 9.51. The van der Waals surface area contributed by atoms with Crippen molar-refractivity contribution in [1.82, 2.24) is 15.1 Å². The summed E-state index contributed by atoms with van der Waals surface area (Å²) in [5.74, 6) is -0.258. The zero-order valence-corrected chi connectivity index (χ0v) is 21.0. The molecular weight excluding hydrogens is 451 g/mol. The molecule has 2 N–H and O–H groups in total. The van der Waals surface area contributed by atoms with E-state index in [-0.39, 0.29) is 28.4 Å². The van der Waals surface area contributed by atoms with Crippen LogP contribution in [-0.4, -0.2) is 21.7 Å². The van der Waals surface area contributed by atoms with E-state index in [0.717, 1.165) is 16.9 Å². The van der Waals surface area contributed by atoms with Gasteiger partial charge in [-0.25, -0.2) is 4.39 Å². The van der Waals surface area contributed by atoms with E-state index < -0.39 is 11.9 Å². The van der Waals surface area contributed by atoms with Crippen molar-refractivity contribution in [2.45, 2.75) is 70.5 Å². The summed E-state index contributed by atoms with van der Waals surface area (Å²) in [7, 11) is 0. The van der Waals surface area contributed by atoms with Crippen molar-refractivity contribution >= 4 is 23.2 Å². The van der Waals surface area contributed by atoms with Gasteiger partial charge >= 0.3 is 0 Å². The van der Waals surface area contributed by atoms with E-state index in [4.69, 9.17) is 16.7 Å². The number of anilines is 1. The molecule has 180 valence electrons. The highest BCUT2D eigenvalue weighted by Gasteiger charge is 2.40. The van der Waals surface area contributed by atoms with Crippen molar-refractivity contribution in [2.24, 2.45) is 0 Å². The lowest BCUT2D eigenvalue weighted by Gasteiger charge is -2.21. The fourth-order valence-electron chi connectivity index (χ4n) is 4.39. The summed E-state index contributed by atoms with van der Waals surface area (Å²) in [6.07, 6.45) is 2.50. The first-order valence-electron chi connectivity index (χ1n) is 11.7. The molecule has 0 spiro atoms. The second-order valence-corrected chi connectivity index (χ2v) is 10.7. The number of hydrogen-bond donors (Lipinski definition) is 2. The lowest BCUT2D eigenvalue weighted by atomic mass is 9.90. The molecular formula is C27H32ClFN4O. The molecule has 1 aromatic heterocycles. The van der Waals surface area contributed by atoms with Gasteiger partial charge in [0, 0.05) is 23.8 Å². The van der Waals surface area contributed by atoms with Gasteiger partial charge in [0.25, 0.3) is 0 Å². The minimum atomic E-state index is -0.474. The molecule has 0 radical (unpaired) electrons. The fraction of sp³-hybridized carbons (Fsp3) is 0.407. The molecule has 1 fully saturated rings. The van der Waals surface area contributed by atoms with E-state index in [1.807, 2.05) is 47.3 Å². The minimum absolute atomic E-state index is 0.0782. The molecule has 1 aliphatic rings. The highest BCUT2D eigenvalue weighted by atomic mass is 35.5. The number of nitrogens with zero attached hydrogens (tertiary/aromatic N) is 2. The molecule has 7 heteroatoms. The van der Waals surface area contributed by atoms with Gasteiger partial charge in [-0.15, -0.1) is 0 Å². The highest BCUT2D eigenvalue weighted by Crippen LogP contribution is 2.41. The monoisotopic (exact) mass is 482 g/mol. The van der Waals surface area contributed by atoms with Crippen molar-refractivity contribution in [3.63, 3.8) is 0 Å². The second-order valence-electron chi connectivity index (χ2n) is 10.3. The summed E-state index contributed by atoms with van der Waals surface area (Å²) < 4.78 is 16.2. The van der Waals surface area contributed by atoms with Crippen molar-refractivity contribution in [3.8, 4) is 0 Å². The molecule has 0 saturated carbocycles. The minimum Gasteiger partial charge on any atom is -0.325 e. The largest absolute Gasteiger partial charge is 0.325 e. The molecule has 4 rings (SSSR count). The van der Waals surface area contributed by atoms with E-state index in [2.05, 4.69) is 45.3 Å². The molecule has 34 heavy (non-hydrogen) atoms. The van der Waals surface area contributed by atoms with Gasteiger partial charge in [-0.3, -0.25) is 14.8 Å². The van der Waals surface area contributed by atoms with E-state index in [0.29, 0.717) is 12.3 Å². The van der Waals surface area contributed by atoms with Gasteiger partial charge in [0.05, 0.1) is 22.3 Å². The van der Waals surface area contributed by atoms with Crippen molar-refractivity contribution < 1.29 is 9.18 Å². The molecule has 1 unspecified atom stereocenters. The van der Waals surface area contributed by atoms with E-state index in [1.54, 1.807) is 6.07 Å². The Morgan fingerprint density at radius 3 is 2.47 bits per heavy atom. The summed E-state index contributed by atoms with van der Waals surface area (Å²) in [6, 6.07) is 14.0. The zero-order valence-electron chi connectivity index (χ0n) is 20.3. The highest BCUT2D eigenvalue weighted by molar-refractivity contribution is 6.30. The van der Waals surface area contributed by atoms with Crippen LogP contribution in [0.1, 0.15) is 75.7 Å². The van der Waals surface area contributed by atoms with Crippen LogP contribution in [0.5, 0.6) is 0 Å². The van der Waals surface area contributed by atoms with Gasteiger partial charge in [0.15, 0.2) is 0 Å². The van der Waals surface area contributed by atoms with Gasteiger partial charge in [0.2, 0.25) is 5.91 Å². The van der Waals surface area contributed by atoms with Crippen LogP contribution < -0.4 is 10.6 Å². The Hall–Kier alpha value is -2.70. The van der Waals surface area contributed by atoms with E-state index >= 15 is 0 Å². The van der Waals surface area contributed by atoms with Gasteiger partial charge in [-0.1, -0.05) is 43.6 Å². The smallest absolute Gasteiger partial charge is 0.241 e. The normalized spacial score (nSPS) is 20.6. The lowest BCUT2D eigenvalue weighted by Crippen LogP contribution is -2.36. The summed E-state index contributed by atoms with van der Waals surface area (Å²) >= 11 is 5.92. The lowest BCUT2D eigenvalue weighted by molar-refractivity contribution is -0.117. The number of benzene rings is 2. The van der Waals surface area contributed by atoms with Crippen molar-refractivity contribution in [2.75, 3.05) is 5.32 Å². The molecule has 3 atom stereocenters. The van der Waals surface area contributed by atoms with Gasteiger partial charge in [-0.2, -0.15) is 5.10 Å². The number of amides is 1. The van der Waals surface area contributed by atoms with E-state index in [9.17, 15) is 9.18 Å². The van der Waals surface area contributed by atoms with Crippen LogP contribution in [0.15, 0.2) is 54.7 Å². The third-order valence-electron chi connectivity index (χ3n) is 6.41. The van der Waals surface area contributed by atoms with Crippen LogP contribution in [0.3, 0.4) is 0 Å². The van der Waals surface area contributed by atoms with Crippen LogP contribution >= 0.6 is 11.6 Å². The van der Waals surface area contributed by atoms with Gasteiger partial charge < -0.3 is 5.32 Å². The number of nitrogens with one attached hydrogen (secondary N) is 2. The molecule has 0 aliphatic carbocycles. The quantitative estimate of drug-likeness (QED) is 0.443. The standard InChI is InChI=1S/C27H32ClFN4O/c1-16(2)17-6-9-19(10-7-17)30-26(34)24-15-20(23-12-13-33(32-23)27(3,4)5)25(31-24)18-8-11-21(28)22(29)14-18/h6-14,16,20,24-25,31H,15H2,1-5H3,(H,30,34)/t20?,24-,25-/m0/s1. The average Bonchev–Trinajstić information content (AvgIpc) is 3.43. The summed E-state index contributed by atoms with van der Waals surface area (Å²) in [6.45, 7) is 10.5. The first kappa shape index (κ1) is 24.4. The SMILES string of the molecule is CC(C)c1ccc(NC(=O)[C@@H]2CC(c3ccn(C(C)(C)C)n3)[C@H](c3ccc(Cl)c(F)c3)N2)cc1. The molecule has 5 nitrogen and oxygen atoms in total. The van der Waals surface area contributed by atoms with Crippen LogP contribution in [0.25, 0.3) is 0 Å². The van der Waals surface area contributed by atoms with Crippen LogP contribution in [0.2, 0.25) is 5.02 Å². The van der Waals surface area contributed by atoms with E-state index in [1.165, 1.54) is 11.6 Å². The van der Waals surface area contributed by atoms with Gasteiger partial charge in [-0.05, 0) is 74.6 Å². The third-order valence-corrected chi connectivity index (χ3v) is 6.72. The summed E-state index contributed by atoms with van der Waals surface area (Å²) in [5, 5.41) is 11.3. The maximum absolute atomic E-state index is 14.3.